The molecule has 10 aromatic carbocycles. The van der Waals surface area contributed by atoms with Crippen molar-refractivity contribution in [1.29, 1.82) is 0 Å². The Labute approximate surface area is 382 Å². The van der Waals surface area contributed by atoms with Crippen molar-refractivity contribution >= 4 is 49.9 Å². The third-order valence-corrected chi connectivity index (χ3v) is 13.1. The highest BCUT2D eigenvalue weighted by molar-refractivity contribution is 6.28. The van der Waals surface area contributed by atoms with E-state index in [1.54, 1.807) is 6.33 Å². The first kappa shape index (κ1) is 37.6. The van der Waals surface area contributed by atoms with Crippen molar-refractivity contribution in [2.24, 2.45) is 0 Å². The topological polar surface area (TPSA) is 46.8 Å². The number of aromatic nitrogens is 4. The predicted octanol–water partition coefficient (Wildman–Crippen LogP) is 15.9. The molecule has 0 bridgehead atoms. The number of nitrogens with zero attached hydrogens (tertiary/aromatic N) is 5. The minimum Gasteiger partial charge on any atom is -0.293 e. The number of para-hydroxylation sites is 3. The van der Waals surface area contributed by atoms with Crippen LogP contribution in [-0.4, -0.2) is 19.5 Å². The molecule has 2 heterocycles. The molecular formula is C61H39N5. The van der Waals surface area contributed by atoms with Crippen molar-refractivity contribution < 1.29 is 0 Å². The van der Waals surface area contributed by atoms with E-state index in [0.29, 0.717) is 11.3 Å². The number of hydrogen-bond acceptors (Lipinski definition) is 4. The third-order valence-electron chi connectivity index (χ3n) is 13.1. The molecule has 0 fully saturated rings. The van der Waals surface area contributed by atoms with Gasteiger partial charge in [0.25, 0.3) is 0 Å². The molecule has 13 rings (SSSR count). The fourth-order valence-corrected chi connectivity index (χ4v) is 10.3. The molecule has 0 atom stereocenters. The van der Waals surface area contributed by atoms with E-state index in [-0.39, 0.29) is 0 Å². The smallest absolute Gasteiger partial charge is 0.170 e. The van der Waals surface area contributed by atoms with Gasteiger partial charge in [0.15, 0.2) is 17.0 Å². The summed E-state index contributed by atoms with van der Waals surface area (Å²) in [7, 11) is 0. The van der Waals surface area contributed by atoms with Crippen LogP contribution in [0.2, 0.25) is 0 Å². The van der Waals surface area contributed by atoms with Crippen LogP contribution in [0.5, 0.6) is 0 Å². The van der Waals surface area contributed by atoms with Crippen LogP contribution in [0.3, 0.4) is 0 Å². The average Bonchev–Trinajstić information content (AvgIpc) is 3.95. The van der Waals surface area contributed by atoms with Crippen LogP contribution >= 0.6 is 0 Å². The second-order valence-corrected chi connectivity index (χ2v) is 16.7. The maximum absolute atomic E-state index is 5.42. The van der Waals surface area contributed by atoms with Gasteiger partial charge in [-0.25, -0.2) is 15.0 Å². The van der Waals surface area contributed by atoms with Gasteiger partial charge in [-0.2, -0.15) is 0 Å². The molecule has 2 aromatic heterocycles. The van der Waals surface area contributed by atoms with E-state index in [0.717, 1.165) is 39.7 Å². The lowest BCUT2D eigenvalue weighted by Crippen LogP contribution is -2.12. The molecule has 5 heteroatoms. The van der Waals surface area contributed by atoms with Gasteiger partial charge >= 0.3 is 0 Å². The monoisotopic (exact) mass is 841 g/mol. The summed E-state index contributed by atoms with van der Waals surface area (Å²) < 4.78 is 2.15. The lowest BCUT2D eigenvalue weighted by molar-refractivity contribution is 1.06. The lowest BCUT2D eigenvalue weighted by Gasteiger charge is -2.24. The maximum atomic E-state index is 5.42. The number of rotatable bonds is 8. The fraction of sp³-hybridized carbons (Fsp3) is 0. The Morgan fingerprint density at radius 1 is 0.348 bits per heavy atom. The van der Waals surface area contributed by atoms with E-state index in [9.17, 15) is 0 Å². The van der Waals surface area contributed by atoms with Gasteiger partial charge in [-0.15, -0.1) is 0 Å². The van der Waals surface area contributed by atoms with Crippen molar-refractivity contribution in [2.75, 3.05) is 4.90 Å². The zero-order valence-electron chi connectivity index (χ0n) is 35.8. The molecule has 308 valence electrons. The van der Waals surface area contributed by atoms with E-state index in [2.05, 4.69) is 198 Å². The summed E-state index contributed by atoms with van der Waals surface area (Å²) in [5, 5.41) is 5.04. The minimum absolute atomic E-state index is 0.706. The van der Waals surface area contributed by atoms with Gasteiger partial charge in [0.05, 0.1) is 0 Å². The van der Waals surface area contributed by atoms with Crippen LogP contribution in [0, 0.1) is 0 Å². The number of anilines is 3. The van der Waals surface area contributed by atoms with Gasteiger partial charge in [0.2, 0.25) is 0 Å². The molecule has 1 aliphatic carbocycles. The molecule has 5 nitrogen and oxygen atoms in total. The Balaban J connectivity index is 0.986. The van der Waals surface area contributed by atoms with Gasteiger partial charge in [-0.05, 0) is 114 Å². The molecule has 1 aliphatic rings. The molecular weight excluding hydrogens is 803 g/mol. The zero-order chi connectivity index (χ0) is 43.6. The van der Waals surface area contributed by atoms with E-state index >= 15 is 0 Å². The normalized spacial score (nSPS) is 11.6. The quantitative estimate of drug-likeness (QED) is 0.153. The molecule has 12 aromatic rings. The molecule has 0 radical (unpaired) electrons. The third kappa shape index (κ3) is 5.91. The molecule has 0 saturated heterocycles. The Hall–Kier alpha value is -8.93. The SMILES string of the molecule is c1ccc(-c2c3c(c(-c4ccccc4)c4ccccc24)-c2ccc(-c4ccc(-c5nc6c(N(c7ccccc7)c7ccccc7)ncnc6n5-c5ccccc5)cc4)c4cccc-3c24)cc1. The van der Waals surface area contributed by atoms with Crippen LogP contribution in [0.25, 0.3) is 105 Å². The summed E-state index contributed by atoms with van der Waals surface area (Å²) >= 11 is 0. The van der Waals surface area contributed by atoms with E-state index in [1.807, 2.05) is 42.5 Å². The van der Waals surface area contributed by atoms with Crippen LogP contribution < -0.4 is 4.90 Å². The van der Waals surface area contributed by atoms with E-state index < -0.39 is 0 Å². The van der Waals surface area contributed by atoms with Gasteiger partial charge in [0.1, 0.15) is 12.2 Å². The summed E-state index contributed by atoms with van der Waals surface area (Å²) in [5.41, 5.74) is 17.8. The minimum atomic E-state index is 0.706. The number of fused-ring (bicyclic) bond motifs is 5. The van der Waals surface area contributed by atoms with Crippen molar-refractivity contribution in [1.82, 2.24) is 19.5 Å². The average molecular weight is 842 g/mol. The maximum Gasteiger partial charge on any atom is 0.170 e. The number of benzene rings is 10. The first-order chi connectivity index (χ1) is 32.8. The molecule has 0 aliphatic heterocycles. The van der Waals surface area contributed by atoms with Crippen LogP contribution in [-0.2, 0) is 0 Å². The van der Waals surface area contributed by atoms with Gasteiger partial charge in [0, 0.05) is 22.6 Å². The molecule has 0 unspecified atom stereocenters. The van der Waals surface area contributed by atoms with Crippen LogP contribution in [0.1, 0.15) is 0 Å². The Morgan fingerprint density at radius 3 is 1.42 bits per heavy atom. The largest absolute Gasteiger partial charge is 0.293 e. The summed E-state index contributed by atoms with van der Waals surface area (Å²) in [6, 6.07) is 82.1. The summed E-state index contributed by atoms with van der Waals surface area (Å²) in [6.07, 6.45) is 1.65. The second-order valence-electron chi connectivity index (χ2n) is 16.7. The molecule has 0 spiro atoms. The lowest BCUT2D eigenvalue weighted by atomic mass is 9.82. The fourth-order valence-electron chi connectivity index (χ4n) is 10.3. The van der Waals surface area contributed by atoms with E-state index in [1.165, 1.54) is 71.6 Å². The van der Waals surface area contributed by atoms with Gasteiger partial charge in [-0.1, -0.05) is 194 Å². The van der Waals surface area contributed by atoms with Crippen LogP contribution in [0.4, 0.5) is 17.2 Å². The van der Waals surface area contributed by atoms with Crippen LogP contribution in [0.15, 0.2) is 237 Å². The predicted molar refractivity (Wildman–Crippen MR) is 273 cm³/mol. The number of hydrogen-bond donors (Lipinski definition) is 0. The Morgan fingerprint density at radius 2 is 0.833 bits per heavy atom. The zero-order valence-corrected chi connectivity index (χ0v) is 35.8. The standard InChI is InChI=1S/C61H39N5/c1-6-19-41(20-7-1)53-49-29-16-17-30-50(49)54(42-21-8-2-9-22-42)57-52-38-37-47(48-31-18-32-51(55(48)52)56(53)57)40-33-35-43(36-34-40)59-64-58-60(62-39-63-61(58)66(59)46-27-14-5-15-28-46)65(44-23-10-3-11-24-44)45-25-12-4-13-26-45/h1-39H. The second kappa shape index (κ2) is 15.4. The van der Waals surface area contributed by atoms with Crippen molar-refractivity contribution in [3.05, 3.63) is 237 Å². The number of imidazole rings is 1. The molecule has 0 amide bonds. The molecule has 0 saturated carbocycles. The summed E-state index contributed by atoms with van der Waals surface area (Å²) in [5.74, 6) is 1.49. The Bertz CT molecular complexity index is 3640. The Kier molecular flexibility index (Phi) is 8.78. The molecule has 66 heavy (non-hydrogen) atoms. The van der Waals surface area contributed by atoms with Crippen molar-refractivity contribution in [3.63, 3.8) is 0 Å². The summed E-state index contributed by atoms with van der Waals surface area (Å²) in [4.78, 5) is 17.4. The van der Waals surface area contributed by atoms with Gasteiger partial charge < -0.3 is 0 Å². The highest BCUT2D eigenvalue weighted by atomic mass is 15.2. The first-order valence-corrected chi connectivity index (χ1v) is 22.4. The molecule has 0 N–H and O–H groups in total. The highest BCUT2D eigenvalue weighted by Crippen LogP contribution is 2.58. The van der Waals surface area contributed by atoms with Gasteiger partial charge in [-0.3, -0.25) is 9.47 Å². The van der Waals surface area contributed by atoms with E-state index in [4.69, 9.17) is 15.0 Å². The highest BCUT2D eigenvalue weighted by Gasteiger charge is 2.31. The summed E-state index contributed by atoms with van der Waals surface area (Å²) in [6.45, 7) is 0. The van der Waals surface area contributed by atoms with Crippen molar-refractivity contribution in [2.45, 2.75) is 0 Å². The van der Waals surface area contributed by atoms with Crippen molar-refractivity contribution in [3.8, 4) is 72.7 Å². The first-order valence-electron chi connectivity index (χ1n) is 22.4.